The number of hydrogen-bond donors (Lipinski definition) is 3. The number of nitrogens with zero attached hydrogens (tertiary/aromatic N) is 2. The number of aromatic amines is 1. The third-order valence-electron chi connectivity index (χ3n) is 4.82. The van der Waals surface area contributed by atoms with Crippen LogP contribution in [0.5, 0.6) is 0 Å². The van der Waals surface area contributed by atoms with Gasteiger partial charge < -0.3 is 15.0 Å². The quantitative estimate of drug-likeness (QED) is 0.431. The van der Waals surface area contributed by atoms with Crippen molar-refractivity contribution >= 4 is 29.0 Å². The molecule has 10 heteroatoms. The van der Waals surface area contributed by atoms with Gasteiger partial charge in [0.1, 0.15) is 10.9 Å². The normalized spacial score (nSPS) is 14.2. The number of alkyl halides is 2. The molecule has 3 rings (SSSR count). The Labute approximate surface area is 177 Å². The molecule has 0 saturated heterocycles. The number of anilines is 1. The summed E-state index contributed by atoms with van der Waals surface area (Å²) in [6.07, 6.45) is -0.542. The lowest BCUT2D eigenvalue weighted by Gasteiger charge is -2.32. The van der Waals surface area contributed by atoms with E-state index in [1.54, 1.807) is 31.3 Å². The van der Waals surface area contributed by atoms with Gasteiger partial charge in [-0.2, -0.15) is 5.10 Å². The lowest BCUT2D eigenvalue weighted by molar-refractivity contribution is -0.135. The second-order valence-corrected chi connectivity index (χ2v) is 7.02. The van der Waals surface area contributed by atoms with Crippen molar-refractivity contribution in [3.8, 4) is 0 Å². The van der Waals surface area contributed by atoms with Crippen LogP contribution in [0.4, 0.5) is 14.5 Å². The predicted molar refractivity (Wildman–Crippen MR) is 110 cm³/mol. The number of esters is 1. The first-order valence-electron chi connectivity index (χ1n) is 9.44. The third-order valence-corrected chi connectivity index (χ3v) is 5.10. The Morgan fingerprint density at radius 3 is 2.87 bits per heavy atom. The Hall–Kier alpha value is -2.94. The summed E-state index contributed by atoms with van der Waals surface area (Å²) in [5, 5.41) is 18.4. The van der Waals surface area contributed by atoms with Crippen molar-refractivity contribution < 1.29 is 18.3 Å². The maximum atomic E-state index is 13.3. The van der Waals surface area contributed by atoms with E-state index in [4.69, 9.17) is 21.7 Å². The number of nitrogens with one attached hydrogen (secondary N) is 3. The van der Waals surface area contributed by atoms with Crippen molar-refractivity contribution in [1.29, 1.82) is 5.41 Å². The van der Waals surface area contributed by atoms with Gasteiger partial charge in [-0.05, 0) is 12.5 Å². The average Bonchev–Trinajstić information content (AvgIpc) is 3.17. The van der Waals surface area contributed by atoms with Crippen LogP contribution in [-0.2, 0) is 16.1 Å². The molecule has 7 nitrogen and oxygen atoms in total. The molecular formula is C20H22ClF2N5O2. The van der Waals surface area contributed by atoms with Crippen LogP contribution in [0.2, 0.25) is 5.15 Å². The van der Waals surface area contributed by atoms with Gasteiger partial charge in [-0.25, -0.2) is 13.6 Å². The number of rotatable bonds is 8. The zero-order valence-corrected chi connectivity index (χ0v) is 17.1. The Balaban J connectivity index is 1.86. The zero-order valence-electron chi connectivity index (χ0n) is 16.3. The summed E-state index contributed by atoms with van der Waals surface area (Å²) in [6, 6.07) is 6.29. The van der Waals surface area contributed by atoms with Crippen LogP contribution in [0.25, 0.3) is 0 Å². The molecule has 0 fully saturated rings. The first-order chi connectivity index (χ1) is 14.4. The van der Waals surface area contributed by atoms with Gasteiger partial charge in [0.25, 0.3) is 6.43 Å². The van der Waals surface area contributed by atoms with Gasteiger partial charge in [-0.15, -0.1) is 0 Å². The highest BCUT2D eigenvalue weighted by Crippen LogP contribution is 2.29. The molecule has 0 unspecified atom stereocenters. The Morgan fingerprint density at radius 1 is 1.43 bits per heavy atom. The van der Waals surface area contributed by atoms with Gasteiger partial charge in [0.15, 0.2) is 0 Å². The van der Waals surface area contributed by atoms with E-state index in [2.05, 4.69) is 15.5 Å². The summed E-state index contributed by atoms with van der Waals surface area (Å²) in [7, 11) is 0. The molecule has 1 aliphatic rings. The molecule has 0 amide bonds. The van der Waals surface area contributed by atoms with E-state index in [0.717, 1.165) is 0 Å². The van der Waals surface area contributed by atoms with Crippen molar-refractivity contribution in [2.75, 3.05) is 24.6 Å². The maximum Gasteiger partial charge on any atom is 0.356 e. The van der Waals surface area contributed by atoms with E-state index >= 15 is 0 Å². The fourth-order valence-electron chi connectivity index (χ4n) is 3.31. The summed E-state index contributed by atoms with van der Waals surface area (Å²) in [4.78, 5) is 14.1. The Kier molecular flexibility index (Phi) is 7.04. The smallest absolute Gasteiger partial charge is 0.356 e. The molecule has 30 heavy (non-hydrogen) atoms. The van der Waals surface area contributed by atoms with Gasteiger partial charge in [-0.1, -0.05) is 35.9 Å². The number of aromatic nitrogens is 2. The van der Waals surface area contributed by atoms with E-state index < -0.39 is 12.4 Å². The number of carbonyl (C=O) groups is 1. The van der Waals surface area contributed by atoms with E-state index in [1.807, 2.05) is 4.90 Å². The van der Waals surface area contributed by atoms with E-state index in [9.17, 15) is 13.6 Å². The monoisotopic (exact) mass is 437 g/mol. The molecule has 2 heterocycles. The van der Waals surface area contributed by atoms with Gasteiger partial charge in [0.2, 0.25) is 0 Å². The highest BCUT2D eigenvalue weighted by molar-refractivity contribution is 6.42. The van der Waals surface area contributed by atoms with Crippen LogP contribution in [0.15, 0.2) is 41.7 Å². The summed E-state index contributed by atoms with van der Waals surface area (Å²) in [6.45, 7) is 2.75. The standard InChI is InChI=1S/C20H22ClF2N5O2/c1-2-30-20(29)17(24)14-11-28(16-10-26-27-18(16)21)8-7-15(14)25-9-12-5-3-4-6-13(12)19(22)23/h3-6,10,19,24-25H,2,7-9,11H2,1H3,(H,26,27). The van der Waals surface area contributed by atoms with E-state index in [-0.39, 0.29) is 31.0 Å². The zero-order chi connectivity index (χ0) is 21.7. The fourth-order valence-corrected chi connectivity index (χ4v) is 3.53. The van der Waals surface area contributed by atoms with Gasteiger partial charge in [0.05, 0.1) is 18.5 Å². The van der Waals surface area contributed by atoms with Crippen molar-refractivity contribution in [2.24, 2.45) is 0 Å². The van der Waals surface area contributed by atoms with Crippen LogP contribution in [0.3, 0.4) is 0 Å². The fraction of sp³-hybridized carbons (Fsp3) is 0.350. The number of carbonyl (C=O) groups excluding carboxylic acids is 1. The van der Waals surface area contributed by atoms with Crippen molar-refractivity contribution in [3.63, 3.8) is 0 Å². The lowest BCUT2D eigenvalue weighted by Crippen LogP contribution is -2.39. The molecule has 0 bridgehead atoms. The van der Waals surface area contributed by atoms with E-state index in [1.165, 1.54) is 6.07 Å². The number of halogens is 3. The first-order valence-corrected chi connectivity index (χ1v) is 9.81. The van der Waals surface area contributed by atoms with Crippen molar-refractivity contribution in [2.45, 2.75) is 26.3 Å². The summed E-state index contributed by atoms with van der Waals surface area (Å²) in [5.41, 5.74) is 1.88. The van der Waals surface area contributed by atoms with Crippen LogP contribution in [0, 0.1) is 5.41 Å². The molecular weight excluding hydrogens is 416 g/mol. The maximum absolute atomic E-state index is 13.3. The number of ether oxygens (including phenoxy) is 1. The lowest BCUT2D eigenvalue weighted by atomic mass is 10.00. The molecule has 0 atom stereocenters. The van der Waals surface area contributed by atoms with Crippen LogP contribution < -0.4 is 10.2 Å². The summed E-state index contributed by atoms with van der Waals surface area (Å²) < 4.78 is 31.5. The van der Waals surface area contributed by atoms with Crippen LogP contribution in [0.1, 0.15) is 30.9 Å². The SMILES string of the molecule is CCOC(=O)C(=N)C1=C(NCc2ccccc2C(F)F)CCN(c2cn[nH]c2Cl)C1. The minimum absolute atomic E-state index is 0.0461. The largest absolute Gasteiger partial charge is 0.461 e. The minimum Gasteiger partial charge on any atom is -0.461 e. The summed E-state index contributed by atoms with van der Waals surface area (Å²) >= 11 is 6.13. The summed E-state index contributed by atoms with van der Waals surface area (Å²) in [5.74, 6) is -0.736. The van der Waals surface area contributed by atoms with Crippen molar-refractivity contribution in [3.05, 3.63) is 58.0 Å². The molecule has 0 radical (unpaired) electrons. The predicted octanol–water partition coefficient (Wildman–Crippen LogP) is 3.84. The molecule has 0 spiro atoms. The number of hydrogen-bond acceptors (Lipinski definition) is 6. The minimum atomic E-state index is -2.58. The topological polar surface area (TPSA) is 94.1 Å². The second kappa shape index (κ2) is 9.71. The van der Waals surface area contributed by atoms with Crippen LogP contribution in [-0.4, -0.2) is 41.6 Å². The van der Waals surface area contributed by atoms with Crippen molar-refractivity contribution in [1.82, 2.24) is 15.5 Å². The van der Waals surface area contributed by atoms with Crippen LogP contribution >= 0.6 is 11.6 Å². The molecule has 2 aromatic rings. The van der Waals surface area contributed by atoms with E-state index in [0.29, 0.717) is 40.6 Å². The Morgan fingerprint density at radius 2 is 2.20 bits per heavy atom. The van der Waals surface area contributed by atoms with Gasteiger partial charge in [0, 0.05) is 42.9 Å². The highest BCUT2D eigenvalue weighted by atomic mass is 35.5. The molecule has 1 aliphatic heterocycles. The van der Waals surface area contributed by atoms with Gasteiger partial charge >= 0.3 is 5.97 Å². The Bertz CT molecular complexity index is 960. The molecule has 0 saturated carbocycles. The average molecular weight is 438 g/mol. The molecule has 1 aromatic heterocycles. The molecule has 0 aliphatic carbocycles. The van der Waals surface area contributed by atoms with Gasteiger partial charge in [-0.3, -0.25) is 10.5 Å². The highest BCUT2D eigenvalue weighted by Gasteiger charge is 2.28. The number of H-pyrrole nitrogens is 1. The number of benzene rings is 1. The molecule has 160 valence electrons. The molecule has 1 aromatic carbocycles. The third kappa shape index (κ3) is 4.79. The first kappa shape index (κ1) is 21.8. The molecule has 3 N–H and O–H groups in total. The second-order valence-electron chi connectivity index (χ2n) is 6.65.